The van der Waals surface area contributed by atoms with Crippen LogP contribution in [0.4, 0.5) is 0 Å². The largest absolute Gasteiger partial charge is 0.507 e. The zero-order valence-electron chi connectivity index (χ0n) is 6.52. The third kappa shape index (κ3) is 1.22. The second-order valence-corrected chi connectivity index (χ2v) is 2.58. The standard InChI is InChI=1S/C9H6O4/c10-6-4-2-1-3-5(6)7-8(13-7)9(11)12/h1-4,10H,(H,11,12). The molecule has 0 bridgehead atoms. The monoisotopic (exact) mass is 178 g/mol. The SMILES string of the molecule is O=C(O)C1=C(c2ccccc2O)O1. The van der Waals surface area contributed by atoms with Gasteiger partial charge in [-0.15, -0.1) is 0 Å². The van der Waals surface area contributed by atoms with Crippen LogP contribution in [0.2, 0.25) is 0 Å². The summed E-state index contributed by atoms with van der Waals surface area (Å²) in [6.07, 6.45) is 0. The van der Waals surface area contributed by atoms with Gasteiger partial charge in [-0.3, -0.25) is 0 Å². The van der Waals surface area contributed by atoms with E-state index >= 15 is 0 Å². The number of aliphatic carboxylic acids is 1. The van der Waals surface area contributed by atoms with E-state index in [1.165, 1.54) is 6.07 Å². The number of phenolic OH excluding ortho intramolecular Hbond substituents is 1. The Morgan fingerprint density at radius 1 is 1.31 bits per heavy atom. The first-order chi connectivity index (χ1) is 6.20. The zero-order chi connectivity index (χ0) is 9.42. The van der Waals surface area contributed by atoms with E-state index in [2.05, 4.69) is 0 Å². The molecule has 0 unspecified atom stereocenters. The van der Waals surface area contributed by atoms with Gasteiger partial charge in [0.15, 0.2) is 5.76 Å². The lowest BCUT2D eigenvalue weighted by Gasteiger charge is -1.94. The van der Waals surface area contributed by atoms with Crippen LogP contribution >= 0.6 is 0 Å². The summed E-state index contributed by atoms with van der Waals surface area (Å²) in [5, 5.41) is 17.8. The van der Waals surface area contributed by atoms with Crippen molar-refractivity contribution in [2.45, 2.75) is 0 Å². The molecule has 0 radical (unpaired) electrons. The number of hydrogen-bond acceptors (Lipinski definition) is 3. The van der Waals surface area contributed by atoms with Gasteiger partial charge in [-0.1, -0.05) is 12.1 Å². The topological polar surface area (TPSA) is 70.1 Å². The minimum atomic E-state index is -1.11. The first kappa shape index (κ1) is 7.67. The molecule has 1 aliphatic heterocycles. The molecule has 0 spiro atoms. The Morgan fingerprint density at radius 2 is 2.00 bits per heavy atom. The average Bonchev–Trinajstić information content (AvgIpc) is 2.84. The van der Waals surface area contributed by atoms with Gasteiger partial charge in [0, 0.05) is 0 Å². The fourth-order valence-electron chi connectivity index (χ4n) is 1.06. The van der Waals surface area contributed by atoms with Gasteiger partial charge in [0.2, 0.25) is 0 Å². The van der Waals surface area contributed by atoms with Crippen molar-refractivity contribution in [2.24, 2.45) is 0 Å². The Kier molecular flexibility index (Phi) is 1.48. The predicted molar refractivity (Wildman–Crippen MR) is 43.7 cm³/mol. The van der Waals surface area contributed by atoms with Crippen molar-refractivity contribution in [3.05, 3.63) is 35.6 Å². The third-order valence-corrected chi connectivity index (χ3v) is 1.71. The summed E-state index contributed by atoms with van der Waals surface area (Å²) in [6, 6.07) is 6.43. The number of phenols is 1. The number of para-hydroxylation sites is 1. The molecule has 1 heterocycles. The number of carboxylic acid groups (broad SMARTS) is 1. The molecule has 1 aromatic carbocycles. The second-order valence-electron chi connectivity index (χ2n) is 2.58. The number of aromatic hydroxyl groups is 1. The van der Waals surface area contributed by atoms with E-state index in [0.29, 0.717) is 5.56 Å². The molecule has 13 heavy (non-hydrogen) atoms. The van der Waals surface area contributed by atoms with Crippen molar-refractivity contribution in [2.75, 3.05) is 0 Å². The molecule has 4 nitrogen and oxygen atoms in total. The lowest BCUT2D eigenvalue weighted by Crippen LogP contribution is -1.88. The van der Waals surface area contributed by atoms with Crippen LogP contribution in [-0.2, 0) is 9.53 Å². The fourth-order valence-corrected chi connectivity index (χ4v) is 1.06. The average molecular weight is 178 g/mol. The van der Waals surface area contributed by atoms with E-state index in [9.17, 15) is 9.90 Å². The molecule has 0 fully saturated rings. The summed E-state index contributed by atoms with van der Waals surface area (Å²) in [7, 11) is 0. The maximum absolute atomic E-state index is 10.4. The number of benzene rings is 1. The highest BCUT2D eigenvalue weighted by Gasteiger charge is 2.34. The Labute approximate surface area is 73.7 Å². The van der Waals surface area contributed by atoms with Gasteiger partial charge in [-0.25, -0.2) is 4.79 Å². The normalized spacial score (nSPS) is 13.8. The van der Waals surface area contributed by atoms with Crippen LogP contribution in [0.25, 0.3) is 5.76 Å². The Hall–Kier alpha value is -1.97. The van der Waals surface area contributed by atoms with Crippen LogP contribution in [0.15, 0.2) is 30.0 Å². The van der Waals surface area contributed by atoms with Crippen LogP contribution < -0.4 is 0 Å². The molecule has 1 aromatic rings. The first-order valence-corrected chi connectivity index (χ1v) is 3.64. The number of ether oxygens (including phenoxy) is 1. The summed E-state index contributed by atoms with van der Waals surface area (Å²) >= 11 is 0. The third-order valence-electron chi connectivity index (χ3n) is 1.71. The second kappa shape index (κ2) is 2.52. The molecule has 0 aliphatic carbocycles. The predicted octanol–water partition coefficient (Wildman–Crippen LogP) is 1.18. The summed E-state index contributed by atoms with van der Waals surface area (Å²) in [6.45, 7) is 0. The van der Waals surface area contributed by atoms with Gasteiger partial charge in [0.1, 0.15) is 5.75 Å². The van der Waals surface area contributed by atoms with Gasteiger partial charge in [-0.05, 0) is 12.1 Å². The van der Waals surface area contributed by atoms with Crippen molar-refractivity contribution in [3.8, 4) is 5.75 Å². The van der Waals surface area contributed by atoms with Crippen molar-refractivity contribution >= 4 is 11.7 Å². The molecular formula is C9H6O4. The molecule has 2 rings (SSSR count). The summed E-state index contributed by atoms with van der Waals surface area (Å²) in [4.78, 5) is 10.4. The molecule has 2 N–H and O–H groups in total. The molecule has 0 saturated carbocycles. The van der Waals surface area contributed by atoms with Crippen molar-refractivity contribution < 1.29 is 19.7 Å². The molecule has 1 aliphatic rings. The summed E-state index contributed by atoms with van der Waals surface area (Å²) in [5.74, 6) is -0.945. The Morgan fingerprint density at radius 3 is 2.54 bits per heavy atom. The molecule has 4 heteroatoms. The molecular weight excluding hydrogens is 172 g/mol. The molecule has 0 amide bonds. The van der Waals surface area contributed by atoms with Crippen LogP contribution in [0, 0.1) is 0 Å². The lowest BCUT2D eigenvalue weighted by atomic mass is 10.2. The molecule has 0 atom stereocenters. The van der Waals surface area contributed by atoms with Crippen molar-refractivity contribution in [3.63, 3.8) is 0 Å². The lowest BCUT2D eigenvalue weighted by molar-refractivity contribution is -0.133. The van der Waals surface area contributed by atoms with Gasteiger partial charge in [-0.2, -0.15) is 0 Å². The van der Waals surface area contributed by atoms with E-state index in [1.54, 1.807) is 18.2 Å². The quantitative estimate of drug-likeness (QED) is 0.713. The van der Waals surface area contributed by atoms with Crippen LogP contribution in [0.5, 0.6) is 5.75 Å². The van der Waals surface area contributed by atoms with Crippen LogP contribution in [0.3, 0.4) is 0 Å². The minimum absolute atomic E-state index is 0.0220. The van der Waals surface area contributed by atoms with E-state index in [-0.39, 0.29) is 17.3 Å². The van der Waals surface area contributed by atoms with Crippen molar-refractivity contribution in [1.29, 1.82) is 0 Å². The van der Waals surface area contributed by atoms with E-state index < -0.39 is 5.97 Å². The smallest absolute Gasteiger partial charge is 0.375 e. The van der Waals surface area contributed by atoms with Crippen LogP contribution in [0.1, 0.15) is 5.56 Å². The highest BCUT2D eigenvalue weighted by atomic mass is 16.6. The van der Waals surface area contributed by atoms with Crippen LogP contribution in [-0.4, -0.2) is 16.2 Å². The number of hydrogen-bond donors (Lipinski definition) is 2. The number of carbonyl (C=O) groups is 1. The van der Waals surface area contributed by atoms with Gasteiger partial charge >= 0.3 is 5.97 Å². The number of carboxylic acids is 1. The van der Waals surface area contributed by atoms with Gasteiger partial charge < -0.3 is 14.9 Å². The van der Waals surface area contributed by atoms with E-state index in [0.717, 1.165) is 0 Å². The summed E-state index contributed by atoms with van der Waals surface area (Å²) in [5.41, 5.74) is 0.417. The maximum Gasteiger partial charge on any atom is 0.375 e. The van der Waals surface area contributed by atoms with E-state index in [1.807, 2.05) is 0 Å². The van der Waals surface area contributed by atoms with Crippen molar-refractivity contribution in [1.82, 2.24) is 0 Å². The Bertz CT molecular complexity index is 406. The molecule has 66 valence electrons. The molecule has 0 aromatic heterocycles. The highest BCUT2D eigenvalue weighted by Crippen LogP contribution is 2.39. The van der Waals surface area contributed by atoms with Gasteiger partial charge in [0.25, 0.3) is 5.76 Å². The zero-order valence-corrected chi connectivity index (χ0v) is 6.52. The summed E-state index contributed by atoms with van der Waals surface area (Å²) < 4.78 is 4.72. The highest BCUT2D eigenvalue weighted by molar-refractivity contribution is 6.00. The first-order valence-electron chi connectivity index (χ1n) is 3.64. The van der Waals surface area contributed by atoms with Gasteiger partial charge in [0.05, 0.1) is 5.56 Å². The Balaban J connectivity index is 2.40. The molecule has 0 saturated heterocycles. The number of rotatable bonds is 2. The minimum Gasteiger partial charge on any atom is -0.507 e. The fraction of sp³-hybridized carbons (Fsp3) is 0. The maximum atomic E-state index is 10.4. The van der Waals surface area contributed by atoms with E-state index in [4.69, 9.17) is 9.84 Å².